The number of carbonyl (C=O) groups excluding carboxylic acids is 3. The van der Waals surface area contributed by atoms with E-state index in [1.807, 2.05) is 0 Å². The molecule has 4 amide bonds. The molecule has 3 N–H and O–H groups in total. The van der Waals surface area contributed by atoms with Crippen LogP contribution >= 0.6 is 0 Å². The van der Waals surface area contributed by atoms with Crippen molar-refractivity contribution in [1.29, 1.82) is 0 Å². The summed E-state index contributed by atoms with van der Waals surface area (Å²) in [7, 11) is 0. The zero-order valence-corrected chi connectivity index (χ0v) is 9.49. The van der Waals surface area contributed by atoms with Crippen molar-refractivity contribution in [2.75, 3.05) is 0 Å². The van der Waals surface area contributed by atoms with Crippen LogP contribution in [0.2, 0.25) is 0 Å². The van der Waals surface area contributed by atoms with Crippen molar-refractivity contribution >= 4 is 24.1 Å². The predicted octanol–water partition coefficient (Wildman–Crippen LogP) is -1.55. The van der Waals surface area contributed by atoms with E-state index in [2.05, 4.69) is 15.6 Å². The van der Waals surface area contributed by atoms with Crippen LogP contribution in [0.25, 0.3) is 0 Å². The van der Waals surface area contributed by atoms with Crippen LogP contribution in [0.1, 0.15) is 32.1 Å². The number of rotatable bonds is 2. The van der Waals surface area contributed by atoms with Gasteiger partial charge in [0.2, 0.25) is 0 Å². The molecule has 0 aromatic carbocycles. The second-order valence-electron chi connectivity index (χ2n) is 4.45. The summed E-state index contributed by atoms with van der Waals surface area (Å²) in [6.07, 6.45) is 7.21. The van der Waals surface area contributed by atoms with Crippen LogP contribution in [0.3, 0.4) is 0 Å². The molecule has 17 heavy (non-hydrogen) atoms. The van der Waals surface area contributed by atoms with Crippen molar-refractivity contribution in [3.8, 4) is 0 Å². The zero-order valence-electron chi connectivity index (χ0n) is 9.49. The highest BCUT2D eigenvalue weighted by Gasteiger charge is 2.35. The smallest absolute Gasteiger partial charge is 0.277 e. The van der Waals surface area contributed by atoms with Gasteiger partial charge in [-0.3, -0.25) is 20.2 Å². The van der Waals surface area contributed by atoms with E-state index in [9.17, 15) is 14.4 Å². The van der Waals surface area contributed by atoms with Gasteiger partial charge in [0, 0.05) is 12.8 Å². The van der Waals surface area contributed by atoms with E-state index in [4.69, 9.17) is 0 Å². The van der Waals surface area contributed by atoms with E-state index in [1.54, 1.807) is 0 Å². The molecule has 2 aliphatic rings. The first-order valence-electron chi connectivity index (χ1n) is 5.92. The molecule has 92 valence electrons. The summed E-state index contributed by atoms with van der Waals surface area (Å²) in [5.41, 5.74) is 0. The zero-order chi connectivity index (χ0) is 12.3. The topological polar surface area (TPSA) is 89.2 Å². The summed E-state index contributed by atoms with van der Waals surface area (Å²) in [6.45, 7) is 0. The van der Waals surface area contributed by atoms with Crippen molar-refractivity contribution in [3.05, 3.63) is 0 Å². The molecule has 1 aliphatic heterocycles. The standard InChI is InChI=1S/C11H15N3O3/c15-9-8(10(16)14-11(17)13-9)6-12-7-4-2-1-3-5-7/h6-8H,1-5H2,(H2,13,14,15,16,17)/p+1. The second kappa shape index (κ2) is 5.07. The minimum Gasteiger partial charge on any atom is -0.277 e. The molecule has 1 saturated heterocycles. The lowest BCUT2D eigenvalue weighted by molar-refractivity contribution is -0.504. The summed E-state index contributed by atoms with van der Waals surface area (Å²) in [4.78, 5) is 36.8. The Morgan fingerprint density at radius 3 is 2.18 bits per heavy atom. The van der Waals surface area contributed by atoms with E-state index in [1.165, 1.54) is 25.5 Å². The summed E-state index contributed by atoms with van der Waals surface area (Å²) in [6, 6.07) is -0.413. The molecule has 2 fully saturated rings. The summed E-state index contributed by atoms with van der Waals surface area (Å²) in [5.74, 6) is -2.06. The predicted molar refractivity (Wildman–Crippen MR) is 59.1 cm³/mol. The number of barbiturate groups is 1. The normalized spacial score (nSPS) is 23.9. The highest BCUT2D eigenvalue weighted by molar-refractivity contribution is 6.22. The van der Waals surface area contributed by atoms with Gasteiger partial charge in [-0.2, -0.15) is 0 Å². The molecule has 0 unspecified atom stereocenters. The molecule has 1 saturated carbocycles. The summed E-state index contributed by atoms with van der Waals surface area (Å²) >= 11 is 0. The largest absolute Gasteiger partial charge is 0.328 e. The molecule has 0 atom stereocenters. The Morgan fingerprint density at radius 1 is 1.00 bits per heavy atom. The lowest BCUT2D eigenvalue weighted by Crippen LogP contribution is -2.79. The number of hydrogen-bond donors (Lipinski definition) is 3. The van der Waals surface area contributed by atoms with Gasteiger partial charge < -0.3 is 0 Å². The fraction of sp³-hybridized carbons (Fsp3) is 0.636. The number of carbonyl (C=O) groups is 3. The van der Waals surface area contributed by atoms with Gasteiger partial charge in [-0.15, -0.1) is 0 Å². The fourth-order valence-corrected chi connectivity index (χ4v) is 2.18. The maximum atomic E-state index is 11.4. The maximum Gasteiger partial charge on any atom is 0.328 e. The van der Waals surface area contributed by atoms with Gasteiger partial charge >= 0.3 is 6.03 Å². The Labute approximate surface area is 98.9 Å². The number of nitrogens with one attached hydrogen (secondary N) is 3. The number of hydrogen-bond acceptors (Lipinski definition) is 3. The third-order valence-electron chi connectivity index (χ3n) is 3.14. The molecule has 1 heterocycles. The molecule has 2 rings (SSSR count). The van der Waals surface area contributed by atoms with E-state index >= 15 is 0 Å². The Morgan fingerprint density at radius 2 is 1.59 bits per heavy atom. The molecule has 6 nitrogen and oxygen atoms in total. The van der Waals surface area contributed by atoms with E-state index in [-0.39, 0.29) is 0 Å². The Bertz CT molecular complexity index is 352. The molecular formula is C11H16N3O3+. The monoisotopic (exact) mass is 238 g/mol. The van der Waals surface area contributed by atoms with Crippen molar-refractivity contribution in [2.45, 2.75) is 38.1 Å². The van der Waals surface area contributed by atoms with Gasteiger partial charge in [-0.25, -0.2) is 9.79 Å². The molecule has 6 heteroatoms. The minimum atomic E-state index is -0.922. The Hall–Kier alpha value is -1.72. The molecule has 0 bridgehead atoms. The number of urea groups is 1. The maximum absolute atomic E-state index is 11.4. The van der Waals surface area contributed by atoms with E-state index < -0.39 is 23.8 Å². The second-order valence-corrected chi connectivity index (χ2v) is 4.45. The SMILES string of the molecule is O=C1NC(=O)C(C=[NH+]C2CCCCC2)C(=O)N1. The molecular weight excluding hydrogens is 222 g/mol. The van der Waals surface area contributed by atoms with Crippen LogP contribution in [0.4, 0.5) is 4.79 Å². The molecule has 0 spiro atoms. The quantitative estimate of drug-likeness (QED) is 0.402. The van der Waals surface area contributed by atoms with Gasteiger partial charge in [-0.1, -0.05) is 6.42 Å². The molecule has 1 aliphatic carbocycles. The van der Waals surface area contributed by atoms with Gasteiger partial charge in [0.25, 0.3) is 11.8 Å². The van der Waals surface area contributed by atoms with E-state index in [0.29, 0.717) is 6.04 Å². The first kappa shape index (κ1) is 11.8. The first-order chi connectivity index (χ1) is 8.16. The number of imide groups is 2. The third-order valence-corrected chi connectivity index (χ3v) is 3.14. The summed E-state index contributed by atoms with van der Waals surface area (Å²) < 4.78 is 0. The molecule has 0 aromatic heterocycles. The Kier molecular flexibility index (Phi) is 3.51. The Balaban J connectivity index is 1.96. The lowest BCUT2D eigenvalue weighted by Gasteiger charge is -2.17. The third kappa shape index (κ3) is 2.89. The van der Waals surface area contributed by atoms with Crippen LogP contribution in [0, 0.1) is 5.92 Å². The van der Waals surface area contributed by atoms with E-state index in [0.717, 1.165) is 12.8 Å². The van der Waals surface area contributed by atoms with Crippen LogP contribution < -0.4 is 15.6 Å². The van der Waals surface area contributed by atoms with Crippen molar-refractivity contribution in [1.82, 2.24) is 10.6 Å². The van der Waals surface area contributed by atoms with Gasteiger partial charge in [0.1, 0.15) is 6.04 Å². The highest BCUT2D eigenvalue weighted by atomic mass is 16.2. The van der Waals surface area contributed by atoms with Crippen LogP contribution in [-0.4, -0.2) is 30.1 Å². The van der Waals surface area contributed by atoms with Crippen molar-refractivity contribution in [3.63, 3.8) is 0 Å². The van der Waals surface area contributed by atoms with Gasteiger partial charge in [-0.05, 0) is 12.8 Å². The summed E-state index contributed by atoms with van der Waals surface area (Å²) in [5, 5.41) is 4.13. The molecule has 0 radical (unpaired) electrons. The van der Waals surface area contributed by atoms with Gasteiger partial charge in [0.15, 0.2) is 12.1 Å². The molecule has 0 aromatic rings. The average molecular weight is 238 g/mol. The van der Waals surface area contributed by atoms with Crippen LogP contribution in [0.15, 0.2) is 0 Å². The van der Waals surface area contributed by atoms with Gasteiger partial charge in [0.05, 0.1) is 0 Å². The average Bonchev–Trinajstić information content (AvgIpc) is 2.29. The van der Waals surface area contributed by atoms with Crippen LogP contribution in [-0.2, 0) is 9.59 Å². The fourth-order valence-electron chi connectivity index (χ4n) is 2.18. The highest BCUT2D eigenvalue weighted by Crippen LogP contribution is 2.14. The minimum absolute atomic E-state index is 0.335. The lowest BCUT2D eigenvalue weighted by atomic mass is 9.96. The van der Waals surface area contributed by atoms with Crippen molar-refractivity contribution < 1.29 is 19.4 Å². The first-order valence-corrected chi connectivity index (χ1v) is 5.92. The van der Waals surface area contributed by atoms with Crippen molar-refractivity contribution in [2.24, 2.45) is 5.92 Å². The number of amides is 4. The van der Waals surface area contributed by atoms with Crippen LogP contribution in [0.5, 0.6) is 0 Å².